The number of carbonyl (C=O) groups is 1. The Kier molecular flexibility index (Phi) is 26.7. The second-order valence-electron chi connectivity index (χ2n) is 9.47. The Morgan fingerprint density at radius 2 is 1.18 bits per heavy atom. The van der Waals surface area contributed by atoms with E-state index in [4.69, 9.17) is 9.47 Å². The number of allylic oxidation sites excluding steroid dienone is 2. The molecule has 196 valence electrons. The summed E-state index contributed by atoms with van der Waals surface area (Å²) in [5.41, 5.74) is 0. The maximum absolute atomic E-state index is 11.9. The van der Waals surface area contributed by atoms with E-state index in [1.54, 1.807) is 0 Å². The van der Waals surface area contributed by atoms with Crippen LogP contribution in [0.3, 0.4) is 0 Å². The highest BCUT2D eigenvalue weighted by atomic mass is 16.6. The van der Waals surface area contributed by atoms with Crippen molar-refractivity contribution in [3.8, 4) is 0 Å². The molecule has 0 bridgehead atoms. The van der Waals surface area contributed by atoms with E-state index >= 15 is 0 Å². The number of aliphatic hydroxyl groups is 1. The lowest BCUT2D eigenvalue weighted by molar-refractivity contribution is -0.154. The molecule has 0 spiro atoms. The Morgan fingerprint density at radius 1 is 0.697 bits per heavy atom. The zero-order valence-corrected chi connectivity index (χ0v) is 22.2. The largest absolute Gasteiger partial charge is 0.457 e. The van der Waals surface area contributed by atoms with E-state index < -0.39 is 6.10 Å². The third kappa shape index (κ3) is 25.6. The van der Waals surface area contributed by atoms with Gasteiger partial charge in [0.05, 0.1) is 13.2 Å². The molecule has 0 rings (SSSR count). The molecule has 1 unspecified atom stereocenters. The summed E-state index contributed by atoms with van der Waals surface area (Å²) in [5, 5.41) is 9.43. The minimum atomic E-state index is -0.526. The van der Waals surface area contributed by atoms with Crippen molar-refractivity contribution in [1.29, 1.82) is 0 Å². The lowest BCUT2D eigenvalue weighted by atomic mass is 10.1. The first kappa shape index (κ1) is 32.1. The Bertz CT molecular complexity index is 422. The predicted molar refractivity (Wildman–Crippen MR) is 141 cm³/mol. The van der Waals surface area contributed by atoms with Crippen LogP contribution in [0.15, 0.2) is 12.2 Å². The molecule has 0 amide bonds. The monoisotopic (exact) mass is 468 g/mol. The minimum Gasteiger partial charge on any atom is -0.457 e. The van der Waals surface area contributed by atoms with Crippen LogP contribution in [-0.4, -0.2) is 37.0 Å². The van der Waals surface area contributed by atoms with Crippen molar-refractivity contribution in [3.05, 3.63) is 12.2 Å². The second-order valence-corrected chi connectivity index (χ2v) is 9.47. The number of esters is 1. The highest BCUT2D eigenvalue weighted by molar-refractivity contribution is 5.69. The molecule has 0 aliphatic rings. The van der Waals surface area contributed by atoms with E-state index in [0.717, 1.165) is 19.3 Å². The maximum atomic E-state index is 11.9. The molecular weight excluding hydrogens is 412 g/mol. The topological polar surface area (TPSA) is 55.8 Å². The van der Waals surface area contributed by atoms with Crippen LogP contribution >= 0.6 is 0 Å². The summed E-state index contributed by atoms with van der Waals surface area (Å²) in [6, 6.07) is 0. The van der Waals surface area contributed by atoms with E-state index in [9.17, 15) is 9.90 Å². The number of ether oxygens (including phenoxy) is 2. The van der Waals surface area contributed by atoms with Crippen LogP contribution < -0.4 is 0 Å². The van der Waals surface area contributed by atoms with Crippen LogP contribution in [0.4, 0.5) is 0 Å². The summed E-state index contributed by atoms with van der Waals surface area (Å²) in [6.45, 7) is 5.27. The molecule has 0 aromatic heterocycles. The summed E-state index contributed by atoms with van der Waals surface area (Å²) < 4.78 is 11.0. The van der Waals surface area contributed by atoms with Gasteiger partial charge in [0, 0.05) is 13.0 Å². The smallest absolute Gasteiger partial charge is 0.306 e. The third-order valence-corrected chi connectivity index (χ3v) is 6.09. The SMILES string of the molecule is CCCCCC/C=C\CCCCCCCCOCC(CO)OC(=O)CCCCCCCCC. The van der Waals surface area contributed by atoms with Crippen LogP contribution in [0, 0.1) is 0 Å². The number of rotatable bonds is 26. The zero-order chi connectivity index (χ0) is 24.2. The molecule has 0 saturated heterocycles. The van der Waals surface area contributed by atoms with Crippen LogP contribution in [0.2, 0.25) is 0 Å². The van der Waals surface area contributed by atoms with Crippen LogP contribution in [-0.2, 0) is 14.3 Å². The number of aliphatic hydroxyl groups excluding tert-OH is 1. The van der Waals surface area contributed by atoms with Crippen molar-refractivity contribution in [2.75, 3.05) is 19.8 Å². The highest BCUT2D eigenvalue weighted by Crippen LogP contribution is 2.11. The van der Waals surface area contributed by atoms with Crippen molar-refractivity contribution in [2.24, 2.45) is 0 Å². The molecule has 0 aliphatic heterocycles. The van der Waals surface area contributed by atoms with Gasteiger partial charge in [0.25, 0.3) is 0 Å². The Morgan fingerprint density at radius 3 is 1.76 bits per heavy atom. The zero-order valence-electron chi connectivity index (χ0n) is 22.2. The Balaban J connectivity index is 3.43. The first-order valence-electron chi connectivity index (χ1n) is 14.3. The lowest BCUT2D eigenvalue weighted by Crippen LogP contribution is -2.27. The second kappa shape index (κ2) is 27.4. The third-order valence-electron chi connectivity index (χ3n) is 6.09. The molecule has 4 heteroatoms. The molecular formula is C29H56O4. The standard InChI is InChI=1S/C29H56O4/c1-3-5-7-9-11-12-13-14-15-16-17-19-21-23-25-32-27-28(26-30)33-29(31)24-22-20-18-10-8-6-4-2/h12-13,28,30H,3-11,14-27H2,1-2H3/b13-12-. The molecule has 0 saturated carbocycles. The van der Waals surface area contributed by atoms with E-state index in [1.807, 2.05) is 0 Å². The van der Waals surface area contributed by atoms with Gasteiger partial charge in [-0.15, -0.1) is 0 Å². The van der Waals surface area contributed by atoms with Gasteiger partial charge < -0.3 is 14.6 Å². The Hall–Kier alpha value is -0.870. The van der Waals surface area contributed by atoms with E-state index in [-0.39, 0.29) is 12.6 Å². The number of unbranched alkanes of at least 4 members (excludes halogenated alkanes) is 16. The molecule has 4 nitrogen and oxygen atoms in total. The fraction of sp³-hybridized carbons (Fsp3) is 0.897. The first-order chi connectivity index (χ1) is 16.2. The first-order valence-corrected chi connectivity index (χ1v) is 14.3. The van der Waals surface area contributed by atoms with Gasteiger partial charge in [-0.2, -0.15) is 0 Å². The van der Waals surface area contributed by atoms with Gasteiger partial charge in [-0.1, -0.05) is 109 Å². The quantitative estimate of drug-likeness (QED) is 0.0787. The molecule has 1 atom stereocenters. The molecule has 0 aromatic rings. The Labute approximate surface area is 205 Å². The molecule has 0 aliphatic carbocycles. The average molecular weight is 469 g/mol. The number of hydrogen-bond acceptors (Lipinski definition) is 4. The number of hydrogen-bond donors (Lipinski definition) is 1. The fourth-order valence-corrected chi connectivity index (χ4v) is 3.91. The average Bonchev–Trinajstić information content (AvgIpc) is 2.82. The maximum Gasteiger partial charge on any atom is 0.306 e. The predicted octanol–water partition coefficient (Wildman–Crippen LogP) is 8.31. The molecule has 0 radical (unpaired) electrons. The van der Waals surface area contributed by atoms with E-state index in [2.05, 4.69) is 26.0 Å². The van der Waals surface area contributed by atoms with Crippen molar-refractivity contribution < 1.29 is 19.4 Å². The molecule has 33 heavy (non-hydrogen) atoms. The van der Waals surface area contributed by atoms with Gasteiger partial charge in [-0.05, 0) is 38.5 Å². The van der Waals surface area contributed by atoms with Gasteiger partial charge in [0.2, 0.25) is 0 Å². The fourth-order valence-electron chi connectivity index (χ4n) is 3.91. The van der Waals surface area contributed by atoms with Crippen molar-refractivity contribution >= 4 is 5.97 Å². The van der Waals surface area contributed by atoms with Crippen molar-refractivity contribution in [3.63, 3.8) is 0 Å². The summed E-state index contributed by atoms with van der Waals surface area (Å²) in [5.74, 6) is -0.211. The van der Waals surface area contributed by atoms with Crippen molar-refractivity contribution in [2.45, 2.75) is 148 Å². The minimum absolute atomic E-state index is 0.171. The van der Waals surface area contributed by atoms with Gasteiger partial charge in [-0.3, -0.25) is 4.79 Å². The van der Waals surface area contributed by atoms with Gasteiger partial charge in [0.1, 0.15) is 6.10 Å². The van der Waals surface area contributed by atoms with Crippen LogP contribution in [0.1, 0.15) is 142 Å². The van der Waals surface area contributed by atoms with Gasteiger partial charge >= 0.3 is 5.97 Å². The van der Waals surface area contributed by atoms with Gasteiger partial charge in [-0.25, -0.2) is 0 Å². The van der Waals surface area contributed by atoms with Gasteiger partial charge in [0.15, 0.2) is 0 Å². The summed E-state index contributed by atoms with van der Waals surface area (Å²) in [4.78, 5) is 11.9. The summed E-state index contributed by atoms with van der Waals surface area (Å²) in [7, 11) is 0. The molecule has 0 aromatic carbocycles. The van der Waals surface area contributed by atoms with E-state index in [1.165, 1.54) is 103 Å². The van der Waals surface area contributed by atoms with Crippen LogP contribution in [0.25, 0.3) is 0 Å². The van der Waals surface area contributed by atoms with E-state index in [0.29, 0.717) is 19.6 Å². The molecule has 0 heterocycles. The molecule has 1 N–H and O–H groups in total. The summed E-state index contributed by atoms with van der Waals surface area (Å²) >= 11 is 0. The molecule has 0 fully saturated rings. The number of carbonyl (C=O) groups excluding carboxylic acids is 1. The highest BCUT2D eigenvalue weighted by Gasteiger charge is 2.13. The van der Waals surface area contributed by atoms with Crippen molar-refractivity contribution in [1.82, 2.24) is 0 Å². The van der Waals surface area contributed by atoms with Crippen LogP contribution in [0.5, 0.6) is 0 Å². The normalized spacial score (nSPS) is 12.5. The summed E-state index contributed by atoms with van der Waals surface area (Å²) in [6.07, 6.45) is 28.1. The lowest BCUT2D eigenvalue weighted by Gasteiger charge is -2.15.